The van der Waals surface area contributed by atoms with Gasteiger partial charge in [-0.1, -0.05) is 0 Å². The van der Waals surface area contributed by atoms with Gasteiger partial charge in [-0.25, -0.2) is 19.4 Å². The molecule has 0 spiro atoms. The Morgan fingerprint density at radius 1 is 1.22 bits per heavy atom. The van der Waals surface area contributed by atoms with Crippen LogP contribution in [0.25, 0.3) is 16.7 Å². The highest BCUT2D eigenvalue weighted by Gasteiger charge is 2.26. The van der Waals surface area contributed by atoms with Gasteiger partial charge in [0.1, 0.15) is 17.8 Å². The van der Waals surface area contributed by atoms with Gasteiger partial charge >= 0.3 is 6.09 Å². The normalized spacial score (nSPS) is 14.4. The Morgan fingerprint density at radius 2 is 2.00 bits per heavy atom. The van der Waals surface area contributed by atoms with Gasteiger partial charge in [-0.15, -0.1) is 0 Å². The van der Waals surface area contributed by atoms with E-state index in [1.807, 2.05) is 25.5 Å². The van der Waals surface area contributed by atoms with Crippen LogP contribution in [0.15, 0.2) is 30.7 Å². The van der Waals surface area contributed by atoms with Gasteiger partial charge in [-0.05, 0) is 51.5 Å². The molecule has 3 aromatic rings. The van der Waals surface area contributed by atoms with Gasteiger partial charge in [0.15, 0.2) is 5.65 Å². The van der Waals surface area contributed by atoms with Crippen LogP contribution >= 0.6 is 0 Å². The molecule has 1 aromatic carbocycles. The first kappa shape index (κ1) is 25.7. The molecule has 36 heavy (non-hydrogen) atoms. The van der Waals surface area contributed by atoms with Crippen molar-refractivity contribution in [2.75, 3.05) is 44.8 Å². The molecule has 0 saturated carbocycles. The van der Waals surface area contributed by atoms with Crippen molar-refractivity contribution in [1.29, 1.82) is 0 Å². The Bertz CT molecular complexity index is 1170. The lowest BCUT2D eigenvalue weighted by Crippen LogP contribution is -2.42. The van der Waals surface area contributed by atoms with E-state index in [4.69, 9.17) is 14.2 Å². The summed E-state index contributed by atoms with van der Waals surface area (Å²) in [5.41, 5.74) is 3.85. The highest BCUT2D eigenvalue weighted by molar-refractivity contribution is 5.81. The van der Waals surface area contributed by atoms with Crippen molar-refractivity contribution in [2.24, 2.45) is 0 Å². The molecule has 1 amide bonds. The van der Waals surface area contributed by atoms with Crippen LogP contribution < -0.4 is 9.64 Å². The number of rotatable bonds is 9. The lowest BCUT2D eigenvalue weighted by atomic mass is 10.1. The second-order valence-corrected chi connectivity index (χ2v) is 9.30. The van der Waals surface area contributed by atoms with E-state index in [9.17, 15) is 4.79 Å². The standard InChI is InChI=1S/C26H36N6O4/c1-6-34-14-13-30(5)20-7-8-23(19(4)15-20)32-24-22(16-29-32)25(28-17-27-24)36-21-9-11-31(12-10-21)26(33)35-18(2)3/h7-8,15-18,21H,6,9-14H2,1-5H3. The van der Waals surface area contributed by atoms with Crippen molar-refractivity contribution in [3.05, 3.63) is 36.3 Å². The first-order valence-corrected chi connectivity index (χ1v) is 12.6. The molecular weight excluding hydrogens is 460 g/mol. The Morgan fingerprint density at radius 3 is 2.69 bits per heavy atom. The summed E-state index contributed by atoms with van der Waals surface area (Å²) in [6.45, 7) is 11.2. The molecule has 10 nitrogen and oxygen atoms in total. The summed E-state index contributed by atoms with van der Waals surface area (Å²) in [5, 5.41) is 5.37. The number of carbonyl (C=O) groups excluding carboxylic acids is 1. The van der Waals surface area contributed by atoms with Crippen molar-refractivity contribution in [3.8, 4) is 11.6 Å². The molecule has 3 heterocycles. The molecule has 1 aliphatic heterocycles. The second kappa shape index (κ2) is 11.6. The van der Waals surface area contributed by atoms with E-state index in [0.717, 1.165) is 35.5 Å². The predicted molar refractivity (Wildman–Crippen MR) is 138 cm³/mol. The van der Waals surface area contributed by atoms with Gasteiger partial charge in [0, 0.05) is 51.8 Å². The lowest BCUT2D eigenvalue weighted by molar-refractivity contribution is 0.0511. The number of aryl methyl sites for hydroxylation is 1. The maximum absolute atomic E-state index is 12.2. The SMILES string of the molecule is CCOCCN(C)c1ccc(-n2ncc3c(OC4CCN(C(=O)OC(C)C)CC4)ncnc32)c(C)c1. The number of nitrogens with zero attached hydrogens (tertiary/aromatic N) is 6. The molecule has 194 valence electrons. The van der Waals surface area contributed by atoms with E-state index >= 15 is 0 Å². The highest BCUT2D eigenvalue weighted by atomic mass is 16.6. The number of likely N-dealkylation sites (tertiary alicyclic amines) is 1. The van der Waals surface area contributed by atoms with Gasteiger partial charge in [-0.2, -0.15) is 5.10 Å². The van der Waals surface area contributed by atoms with E-state index in [2.05, 4.69) is 52.1 Å². The average molecular weight is 497 g/mol. The van der Waals surface area contributed by atoms with Crippen molar-refractivity contribution in [2.45, 2.75) is 52.7 Å². The molecule has 0 atom stereocenters. The molecule has 2 aromatic heterocycles. The van der Waals surface area contributed by atoms with E-state index < -0.39 is 0 Å². The number of fused-ring (bicyclic) bond motifs is 1. The molecule has 1 aliphatic rings. The molecular formula is C26H36N6O4. The summed E-state index contributed by atoms with van der Waals surface area (Å²) in [7, 11) is 2.06. The molecule has 1 fully saturated rings. The summed E-state index contributed by atoms with van der Waals surface area (Å²) in [6, 6.07) is 6.28. The topological polar surface area (TPSA) is 94.8 Å². The number of ether oxygens (including phenoxy) is 3. The third kappa shape index (κ3) is 5.87. The number of piperidine rings is 1. The third-order valence-corrected chi connectivity index (χ3v) is 6.27. The van der Waals surface area contributed by atoms with Crippen LogP contribution in [0.1, 0.15) is 39.2 Å². The van der Waals surface area contributed by atoms with E-state index in [0.29, 0.717) is 44.1 Å². The van der Waals surface area contributed by atoms with Crippen LogP contribution in [0.3, 0.4) is 0 Å². The zero-order chi connectivity index (χ0) is 25.7. The monoisotopic (exact) mass is 496 g/mol. The second-order valence-electron chi connectivity index (χ2n) is 9.30. The largest absolute Gasteiger partial charge is 0.474 e. The minimum atomic E-state index is -0.268. The zero-order valence-electron chi connectivity index (χ0n) is 21.8. The summed E-state index contributed by atoms with van der Waals surface area (Å²) >= 11 is 0. The van der Waals surface area contributed by atoms with Gasteiger partial charge in [0.25, 0.3) is 0 Å². The molecule has 0 N–H and O–H groups in total. The fraction of sp³-hybridized carbons (Fsp3) is 0.538. The van der Waals surface area contributed by atoms with Crippen molar-refractivity contribution < 1.29 is 19.0 Å². The maximum atomic E-state index is 12.2. The Labute approximate surface area is 212 Å². The number of hydrogen-bond acceptors (Lipinski definition) is 8. The minimum absolute atomic E-state index is 0.0391. The highest BCUT2D eigenvalue weighted by Crippen LogP contribution is 2.28. The fourth-order valence-electron chi connectivity index (χ4n) is 4.27. The van der Waals surface area contributed by atoms with Crippen molar-refractivity contribution in [3.63, 3.8) is 0 Å². The quantitative estimate of drug-likeness (QED) is 0.411. The summed E-state index contributed by atoms with van der Waals surface area (Å²) in [5.74, 6) is 0.513. The van der Waals surface area contributed by atoms with Gasteiger partial charge < -0.3 is 24.0 Å². The van der Waals surface area contributed by atoms with Crippen molar-refractivity contribution >= 4 is 22.8 Å². The molecule has 0 bridgehead atoms. The number of anilines is 1. The number of amides is 1. The van der Waals surface area contributed by atoms with Crippen LogP contribution in [0.5, 0.6) is 5.88 Å². The number of benzene rings is 1. The van der Waals surface area contributed by atoms with Crippen LogP contribution in [0.2, 0.25) is 0 Å². The molecule has 1 saturated heterocycles. The maximum Gasteiger partial charge on any atom is 0.410 e. The summed E-state index contributed by atoms with van der Waals surface area (Å²) in [6.07, 6.45) is 4.25. The molecule has 0 unspecified atom stereocenters. The first-order valence-electron chi connectivity index (χ1n) is 12.6. The average Bonchev–Trinajstić information content (AvgIpc) is 3.29. The smallest absolute Gasteiger partial charge is 0.410 e. The predicted octanol–water partition coefficient (Wildman–Crippen LogP) is 3.98. The summed E-state index contributed by atoms with van der Waals surface area (Å²) in [4.78, 5) is 24.9. The molecule has 10 heteroatoms. The molecule has 0 aliphatic carbocycles. The lowest BCUT2D eigenvalue weighted by Gasteiger charge is -2.31. The Hall–Kier alpha value is -3.40. The number of hydrogen-bond donors (Lipinski definition) is 0. The van der Waals surface area contributed by atoms with E-state index in [1.165, 1.54) is 6.33 Å². The van der Waals surface area contributed by atoms with Gasteiger partial charge in [0.05, 0.1) is 24.6 Å². The molecule has 4 rings (SSSR count). The Balaban J connectivity index is 1.46. The van der Waals surface area contributed by atoms with Crippen LogP contribution in [0, 0.1) is 6.92 Å². The summed E-state index contributed by atoms with van der Waals surface area (Å²) < 4.78 is 18.9. The minimum Gasteiger partial charge on any atom is -0.474 e. The third-order valence-electron chi connectivity index (χ3n) is 6.27. The van der Waals surface area contributed by atoms with Gasteiger partial charge in [0.2, 0.25) is 5.88 Å². The Kier molecular flexibility index (Phi) is 8.25. The first-order chi connectivity index (χ1) is 17.4. The number of likely N-dealkylation sites (N-methyl/N-ethyl adjacent to an activating group) is 1. The van der Waals surface area contributed by atoms with Crippen molar-refractivity contribution in [1.82, 2.24) is 24.6 Å². The van der Waals surface area contributed by atoms with E-state index in [1.54, 1.807) is 11.1 Å². The fourth-order valence-corrected chi connectivity index (χ4v) is 4.27. The van der Waals surface area contributed by atoms with Crippen LogP contribution in [0.4, 0.5) is 10.5 Å². The van der Waals surface area contributed by atoms with Crippen LogP contribution in [-0.4, -0.2) is 82.8 Å². The zero-order valence-corrected chi connectivity index (χ0v) is 21.8. The number of aromatic nitrogens is 4. The van der Waals surface area contributed by atoms with E-state index in [-0.39, 0.29) is 18.3 Å². The number of carbonyl (C=O) groups is 1. The van der Waals surface area contributed by atoms with Gasteiger partial charge in [-0.3, -0.25) is 0 Å². The van der Waals surface area contributed by atoms with Crippen LogP contribution in [-0.2, 0) is 9.47 Å². The molecule has 0 radical (unpaired) electrons.